The number of nitrogens with zero attached hydrogens (tertiary/aromatic N) is 2. The van der Waals surface area contributed by atoms with Crippen LogP contribution in [0.25, 0.3) is 20.0 Å². The molecule has 0 aliphatic rings. The number of H-pyrrole nitrogens is 1. The van der Waals surface area contributed by atoms with E-state index in [-0.39, 0.29) is 11.3 Å². The van der Waals surface area contributed by atoms with E-state index in [4.69, 9.17) is 10.5 Å². The Balaban J connectivity index is 2.18. The maximum absolute atomic E-state index is 11.7. The molecule has 8 heteroatoms. The molecule has 3 N–H and O–H groups in total. The second-order valence-electron chi connectivity index (χ2n) is 4.49. The zero-order chi connectivity index (χ0) is 15.9. The number of aromatic amines is 1. The third-order valence-electron chi connectivity index (χ3n) is 3.15. The number of nitriles is 1. The molecule has 0 radical (unpaired) electrons. The van der Waals surface area contributed by atoms with Crippen LogP contribution in [0.5, 0.6) is 5.75 Å². The third-order valence-corrected chi connectivity index (χ3v) is 5.59. The topological polar surface area (TPSA) is 109 Å². The van der Waals surface area contributed by atoms with Crippen LogP contribution in [-0.4, -0.2) is 21.0 Å². The van der Waals surface area contributed by atoms with E-state index >= 15 is 0 Å². The minimum Gasteiger partial charge on any atom is -0.506 e. The zero-order valence-corrected chi connectivity index (χ0v) is 12.9. The summed E-state index contributed by atoms with van der Waals surface area (Å²) in [5, 5.41) is 31.4. The van der Waals surface area contributed by atoms with Gasteiger partial charge >= 0.3 is 0 Å². The lowest BCUT2D eigenvalue weighted by molar-refractivity contribution is 0.319. The minimum absolute atomic E-state index is 0.285. The van der Waals surface area contributed by atoms with E-state index in [9.17, 15) is 9.90 Å². The van der Waals surface area contributed by atoms with Crippen molar-refractivity contribution in [3.05, 3.63) is 39.0 Å². The summed E-state index contributed by atoms with van der Waals surface area (Å²) in [5.74, 6) is -0.298. The fraction of sp³-hybridized carbons (Fsp3) is 0.0714. The van der Waals surface area contributed by atoms with Gasteiger partial charge in [-0.1, -0.05) is 5.16 Å². The van der Waals surface area contributed by atoms with Crippen molar-refractivity contribution in [3.63, 3.8) is 0 Å². The molecule has 0 unspecified atom stereocenters. The molecule has 3 heterocycles. The normalized spacial score (nSPS) is 11.7. The van der Waals surface area contributed by atoms with Crippen LogP contribution in [-0.2, 0) is 0 Å². The molecule has 3 rings (SSSR count). The lowest BCUT2D eigenvalue weighted by Crippen LogP contribution is -2.08. The minimum atomic E-state index is -0.601. The van der Waals surface area contributed by atoms with Gasteiger partial charge in [-0.25, -0.2) is 0 Å². The van der Waals surface area contributed by atoms with Gasteiger partial charge in [0.15, 0.2) is 5.56 Å². The number of aromatic nitrogens is 1. The second-order valence-corrected chi connectivity index (χ2v) is 6.63. The molecule has 6 nitrogen and oxygen atoms in total. The molecule has 22 heavy (non-hydrogen) atoms. The van der Waals surface area contributed by atoms with Gasteiger partial charge in [0.1, 0.15) is 16.6 Å². The first kappa shape index (κ1) is 14.3. The molecular formula is C14H9N3O3S2. The predicted molar refractivity (Wildman–Crippen MR) is 86.1 cm³/mol. The Morgan fingerprint density at radius 1 is 1.36 bits per heavy atom. The molecule has 0 saturated carbocycles. The number of pyridine rings is 1. The first-order valence-electron chi connectivity index (χ1n) is 6.13. The third kappa shape index (κ3) is 2.16. The average Bonchev–Trinajstić information content (AvgIpc) is 3.13. The predicted octanol–water partition coefficient (Wildman–Crippen LogP) is 3.09. The summed E-state index contributed by atoms with van der Waals surface area (Å²) in [4.78, 5) is 17.4. The van der Waals surface area contributed by atoms with E-state index in [2.05, 4.69) is 10.1 Å². The van der Waals surface area contributed by atoms with Crippen LogP contribution in [0.3, 0.4) is 0 Å². The van der Waals surface area contributed by atoms with E-state index < -0.39 is 5.56 Å². The number of aromatic hydroxyl groups is 1. The first-order valence-corrected chi connectivity index (χ1v) is 7.76. The van der Waals surface area contributed by atoms with Crippen molar-refractivity contribution < 1.29 is 10.3 Å². The molecule has 3 aromatic rings. The summed E-state index contributed by atoms with van der Waals surface area (Å²) in [6.07, 6.45) is 0. The van der Waals surface area contributed by atoms with Crippen molar-refractivity contribution in [1.29, 1.82) is 5.26 Å². The van der Waals surface area contributed by atoms with Gasteiger partial charge in [0.2, 0.25) is 0 Å². The van der Waals surface area contributed by atoms with E-state index in [1.165, 1.54) is 22.7 Å². The van der Waals surface area contributed by atoms with Gasteiger partial charge in [0.25, 0.3) is 5.56 Å². The maximum atomic E-state index is 11.7. The van der Waals surface area contributed by atoms with Crippen molar-refractivity contribution in [1.82, 2.24) is 4.98 Å². The lowest BCUT2D eigenvalue weighted by atomic mass is 10.2. The highest BCUT2D eigenvalue weighted by atomic mass is 32.1. The van der Waals surface area contributed by atoms with Gasteiger partial charge in [0, 0.05) is 9.75 Å². The molecule has 0 atom stereocenters. The van der Waals surface area contributed by atoms with Gasteiger partial charge in [-0.3, -0.25) is 4.79 Å². The highest BCUT2D eigenvalue weighted by Gasteiger charge is 2.16. The fourth-order valence-electron chi connectivity index (χ4n) is 2.01. The maximum Gasteiger partial charge on any atom is 0.270 e. The van der Waals surface area contributed by atoms with Crippen molar-refractivity contribution in [2.24, 2.45) is 5.16 Å². The zero-order valence-electron chi connectivity index (χ0n) is 11.2. The first-order chi connectivity index (χ1) is 10.5. The Bertz CT molecular complexity index is 1000. The molecule has 0 saturated heterocycles. The van der Waals surface area contributed by atoms with Gasteiger partial charge in [-0.2, -0.15) is 5.26 Å². The van der Waals surface area contributed by atoms with Crippen LogP contribution in [0.2, 0.25) is 0 Å². The molecule has 0 aliphatic heterocycles. The summed E-state index contributed by atoms with van der Waals surface area (Å²) in [6.45, 7) is 1.70. The quantitative estimate of drug-likeness (QED) is 0.381. The second kappa shape index (κ2) is 5.29. The Hall–Kier alpha value is -2.63. The van der Waals surface area contributed by atoms with E-state index in [1.807, 2.05) is 12.1 Å². The summed E-state index contributed by atoms with van der Waals surface area (Å²) < 4.78 is 0. The van der Waals surface area contributed by atoms with Gasteiger partial charge < -0.3 is 15.3 Å². The standard InChI is InChI=1S/C14H9N3O3S2/c1-6(17-20)9-2-3-10(21-9)11-4-7-12(18)8(5-15)13(19)16-14(7)22-11/h2-4,20H,1H3,(H2,16,18,19). The molecule has 0 fully saturated rings. The van der Waals surface area contributed by atoms with Crippen molar-refractivity contribution in [3.8, 4) is 21.6 Å². The fourth-order valence-corrected chi connectivity index (χ4v) is 4.09. The Morgan fingerprint density at radius 2 is 2.14 bits per heavy atom. The molecule has 0 spiro atoms. The largest absolute Gasteiger partial charge is 0.506 e. The number of thiophene rings is 2. The number of oxime groups is 1. The van der Waals surface area contributed by atoms with Crippen molar-refractivity contribution >= 4 is 38.6 Å². The summed E-state index contributed by atoms with van der Waals surface area (Å²) in [5.41, 5.74) is -0.372. The van der Waals surface area contributed by atoms with E-state index in [1.54, 1.807) is 19.1 Å². The average molecular weight is 331 g/mol. The van der Waals surface area contributed by atoms with Crippen LogP contribution in [0.15, 0.2) is 28.1 Å². The van der Waals surface area contributed by atoms with Crippen LogP contribution in [0, 0.1) is 11.3 Å². The summed E-state index contributed by atoms with van der Waals surface area (Å²) in [7, 11) is 0. The molecule has 110 valence electrons. The van der Waals surface area contributed by atoms with Crippen LogP contribution >= 0.6 is 22.7 Å². The molecule has 0 bridgehead atoms. The smallest absolute Gasteiger partial charge is 0.270 e. The van der Waals surface area contributed by atoms with Crippen molar-refractivity contribution in [2.75, 3.05) is 0 Å². The SMILES string of the molecule is CC(=NO)c1ccc(-c2cc3c(O)c(C#N)c(=O)[nH]c3s2)s1. The monoisotopic (exact) mass is 331 g/mol. The number of hydrogen-bond acceptors (Lipinski definition) is 7. The van der Waals surface area contributed by atoms with E-state index in [0.717, 1.165) is 14.6 Å². The lowest BCUT2D eigenvalue weighted by Gasteiger charge is -1.95. The van der Waals surface area contributed by atoms with Crippen LogP contribution in [0.1, 0.15) is 17.4 Å². The van der Waals surface area contributed by atoms with Gasteiger partial charge in [-0.15, -0.1) is 22.7 Å². The molecule has 0 amide bonds. The highest BCUT2D eigenvalue weighted by Crippen LogP contribution is 2.39. The molecule has 3 aromatic heterocycles. The number of rotatable bonds is 2. The van der Waals surface area contributed by atoms with Gasteiger partial charge in [0.05, 0.1) is 16.0 Å². The Labute approximate surface area is 132 Å². The van der Waals surface area contributed by atoms with Crippen LogP contribution in [0.4, 0.5) is 0 Å². The number of hydrogen-bond donors (Lipinski definition) is 3. The highest BCUT2D eigenvalue weighted by molar-refractivity contribution is 7.26. The number of nitrogens with one attached hydrogen (secondary N) is 1. The van der Waals surface area contributed by atoms with Crippen molar-refractivity contribution in [2.45, 2.75) is 6.92 Å². The Kier molecular flexibility index (Phi) is 3.44. The number of fused-ring (bicyclic) bond motifs is 1. The summed E-state index contributed by atoms with van der Waals surface area (Å²) >= 11 is 2.75. The summed E-state index contributed by atoms with van der Waals surface area (Å²) in [6, 6.07) is 7.14. The van der Waals surface area contributed by atoms with E-state index in [0.29, 0.717) is 15.9 Å². The Morgan fingerprint density at radius 3 is 2.82 bits per heavy atom. The molecule has 0 aliphatic carbocycles. The molecule has 0 aromatic carbocycles. The van der Waals surface area contributed by atoms with Crippen LogP contribution < -0.4 is 5.56 Å². The molecular weight excluding hydrogens is 322 g/mol. The van der Waals surface area contributed by atoms with Gasteiger partial charge in [-0.05, 0) is 25.1 Å².